The molecule has 1 unspecified atom stereocenters. The van der Waals surface area contributed by atoms with Crippen LogP contribution in [0.2, 0.25) is 0 Å². The van der Waals surface area contributed by atoms with Gasteiger partial charge < -0.3 is 10.2 Å². The van der Waals surface area contributed by atoms with Gasteiger partial charge in [0.2, 0.25) is 21.8 Å². The zero-order chi connectivity index (χ0) is 27.0. The fraction of sp³-hybridized carbons (Fsp3) is 0.481. The predicted molar refractivity (Wildman–Crippen MR) is 142 cm³/mol. The number of halogens is 1. The Bertz CT molecular complexity index is 1130. The zero-order valence-corrected chi connectivity index (χ0v) is 22.8. The summed E-state index contributed by atoms with van der Waals surface area (Å²) in [5.74, 6) is -0.987. The lowest BCUT2D eigenvalue weighted by Crippen LogP contribution is -2.52. The molecule has 0 saturated heterocycles. The van der Waals surface area contributed by atoms with Gasteiger partial charge in [-0.2, -0.15) is 0 Å². The van der Waals surface area contributed by atoms with Gasteiger partial charge in [-0.1, -0.05) is 65.0 Å². The van der Waals surface area contributed by atoms with Crippen LogP contribution < -0.4 is 9.62 Å². The maximum Gasteiger partial charge on any atom is 0.244 e. The summed E-state index contributed by atoms with van der Waals surface area (Å²) in [6.07, 6.45) is 1.40. The Hall–Kier alpha value is -2.94. The van der Waals surface area contributed by atoms with Crippen molar-refractivity contribution < 1.29 is 22.4 Å². The molecule has 0 aliphatic rings. The van der Waals surface area contributed by atoms with Gasteiger partial charge in [-0.3, -0.25) is 13.9 Å². The smallest absolute Gasteiger partial charge is 0.244 e. The van der Waals surface area contributed by atoms with Crippen LogP contribution in [-0.2, 0) is 26.2 Å². The molecule has 36 heavy (non-hydrogen) atoms. The molecule has 0 aliphatic heterocycles. The van der Waals surface area contributed by atoms with E-state index in [1.807, 2.05) is 39.8 Å². The molecule has 1 N–H and O–H groups in total. The quantitative estimate of drug-likeness (QED) is 0.453. The first-order valence-electron chi connectivity index (χ1n) is 12.2. The van der Waals surface area contributed by atoms with Gasteiger partial charge in [-0.25, -0.2) is 12.8 Å². The van der Waals surface area contributed by atoms with Gasteiger partial charge in [0.15, 0.2) is 0 Å². The summed E-state index contributed by atoms with van der Waals surface area (Å²) in [7, 11) is -3.82. The van der Waals surface area contributed by atoms with Crippen molar-refractivity contribution >= 4 is 27.5 Å². The van der Waals surface area contributed by atoms with Crippen LogP contribution >= 0.6 is 0 Å². The number of benzene rings is 2. The number of sulfonamides is 1. The zero-order valence-electron chi connectivity index (χ0n) is 22.0. The van der Waals surface area contributed by atoms with Gasteiger partial charge in [0, 0.05) is 13.1 Å². The highest BCUT2D eigenvalue weighted by Gasteiger charge is 2.32. The van der Waals surface area contributed by atoms with E-state index in [0.29, 0.717) is 24.2 Å². The molecule has 2 aromatic rings. The SMILES string of the molecule is CCC(C(=O)NCC(C)C)N(Cc1ccc(F)cc1)C(=O)CN(c1ccccc1C(C)C)S(C)(=O)=O. The number of nitrogens with zero attached hydrogens (tertiary/aromatic N) is 2. The van der Waals surface area contributed by atoms with E-state index in [1.54, 1.807) is 31.2 Å². The van der Waals surface area contributed by atoms with Gasteiger partial charge in [0.25, 0.3) is 0 Å². The molecule has 2 rings (SSSR count). The summed E-state index contributed by atoms with van der Waals surface area (Å²) >= 11 is 0. The first-order chi connectivity index (χ1) is 16.8. The number of para-hydroxylation sites is 1. The van der Waals surface area contributed by atoms with E-state index in [2.05, 4.69) is 5.32 Å². The number of rotatable bonds is 12. The average molecular weight is 520 g/mol. The lowest BCUT2D eigenvalue weighted by Gasteiger charge is -2.33. The van der Waals surface area contributed by atoms with E-state index in [9.17, 15) is 22.4 Å². The van der Waals surface area contributed by atoms with Crippen molar-refractivity contribution in [3.63, 3.8) is 0 Å². The molecule has 2 amide bonds. The third-order valence-corrected chi connectivity index (χ3v) is 6.97. The van der Waals surface area contributed by atoms with Crippen molar-refractivity contribution in [2.24, 2.45) is 5.92 Å². The number of carbonyl (C=O) groups is 2. The molecule has 7 nitrogen and oxygen atoms in total. The molecule has 0 heterocycles. The highest BCUT2D eigenvalue weighted by Crippen LogP contribution is 2.29. The molecule has 0 bridgehead atoms. The molecular weight excluding hydrogens is 481 g/mol. The molecule has 0 fully saturated rings. The Labute approximate surface area is 214 Å². The number of hydrogen-bond donors (Lipinski definition) is 1. The second-order valence-electron chi connectivity index (χ2n) is 9.69. The fourth-order valence-corrected chi connectivity index (χ4v) is 4.79. The summed E-state index contributed by atoms with van der Waals surface area (Å²) in [6.45, 7) is 9.67. The molecule has 198 valence electrons. The topological polar surface area (TPSA) is 86.8 Å². The standard InChI is InChI=1S/C27H38FN3O4S/c1-7-24(27(33)29-16-19(2)3)30(17-21-12-14-22(28)15-13-21)26(32)18-31(36(6,34)35)25-11-9-8-10-23(25)20(4)5/h8-15,19-20,24H,7,16-18H2,1-6H3,(H,29,33). The number of amides is 2. The van der Waals surface area contributed by atoms with Crippen LogP contribution in [0.1, 0.15) is 58.1 Å². The van der Waals surface area contributed by atoms with Crippen LogP contribution in [0.3, 0.4) is 0 Å². The summed E-state index contributed by atoms with van der Waals surface area (Å²) in [4.78, 5) is 28.2. The lowest BCUT2D eigenvalue weighted by molar-refractivity contribution is -0.140. The van der Waals surface area contributed by atoms with Crippen LogP contribution in [0, 0.1) is 11.7 Å². The predicted octanol–water partition coefficient (Wildman–Crippen LogP) is 4.29. The first-order valence-corrected chi connectivity index (χ1v) is 14.1. The third-order valence-electron chi connectivity index (χ3n) is 5.84. The Morgan fingerprint density at radius 3 is 2.14 bits per heavy atom. The monoisotopic (exact) mass is 519 g/mol. The number of anilines is 1. The molecule has 2 aromatic carbocycles. The van der Waals surface area contributed by atoms with Crippen LogP contribution in [0.15, 0.2) is 48.5 Å². The van der Waals surface area contributed by atoms with Crippen molar-refractivity contribution in [2.45, 2.75) is 59.5 Å². The second kappa shape index (κ2) is 12.9. The minimum absolute atomic E-state index is 0.0288. The summed E-state index contributed by atoms with van der Waals surface area (Å²) in [6, 6.07) is 11.9. The van der Waals surface area contributed by atoms with Gasteiger partial charge in [0.05, 0.1) is 11.9 Å². The maximum atomic E-state index is 13.7. The first kappa shape index (κ1) is 29.3. The Morgan fingerprint density at radius 2 is 1.61 bits per heavy atom. The molecular formula is C27H38FN3O4S. The van der Waals surface area contributed by atoms with Gasteiger partial charge in [0.1, 0.15) is 18.4 Å². The van der Waals surface area contributed by atoms with E-state index >= 15 is 0 Å². The van der Waals surface area contributed by atoms with E-state index < -0.39 is 34.3 Å². The molecule has 0 aromatic heterocycles. The van der Waals surface area contributed by atoms with Gasteiger partial charge in [-0.05, 0) is 47.6 Å². The molecule has 0 spiro atoms. The van der Waals surface area contributed by atoms with E-state index in [4.69, 9.17) is 0 Å². The minimum Gasteiger partial charge on any atom is -0.354 e. The lowest BCUT2D eigenvalue weighted by atomic mass is 10.0. The highest BCUT2D eigenvalue weighted by molar-refractivity contribution is 7.92. The number of nitrogens with one attached hydrogen (secondary N) is 1. The van der Waals surface area contributed by atoms with Crippen LogP contribution in [0.4, 0.5) is 10.1 Å². The van der Waals surface area contributed by atoms with Crippen molar-refractivity contribution in [3.05, 3.63) is 65.5 Å². The molecule has 1 atom stereocenters. The maximum absolute atomic E-state index is 13.7. The van der Waals surface area contributed by atoms with Crippen LogP contribution in [-0.4, -0.2) is 50.5 Å². The summed E-state index contributed by atoms with van der Waals surface area (Å²) in [5.41, 5.74) is 1.86. The number of hydrogen-bond acceptors (Lipinski definition) is 4. The molecule has 0 saturated carbocycles. The molecule has 9 heteroatoms. The molecule has 0 radical (unpaired) electrons. The van der Waals surface area contributed by atoms with Crippen LogP contribution in [0.5, 0.6) is 0 Å². The van der Waals surface area contributed by atoms with Crippen LogP contribution in [0.25, 0.3) is 0 Å². The average Bonchev–Trinajstić information content (AvgIpc) is 2.81. The van der Waals surface area contributed by atoms with Gasteiger partial charge in [-0.15, -0.1) is 0 Å². The van der Waals surface area contributed by atoms with Crippen molar-refractivity contribution in [1.82, 2.24) is 10.2 Å². The van der Waals surface area contributed by atoms with Crippen molar-refractivity contribution in [3.8, 4) is 0 Å². The van der Waals surface area contributed by atoms with E-state index in [-0.39, 0.29) is 24.3 Å². The Balaban J connectivity index is 2.47. The summed E-state index contributed by atoms with van der Waals surface area (Å²) < 4.78 is 40.3. The van der Waals surface area contributed by atoms with Crippen molar-refractivity contribution in [1.29, 1.82) is 0 Å². The highest BCUT2D eigenvalue weighted by atomic mass is 32.2. The normalized spacial score (nSPS) is 12.5. The second-order valence-corrected chi connectivity index (χ2v) is 11.6. The van der Waals surface area contributed by atoms with E-state index in [1.165, 1.54) is 17.0 Å². The Morgan fingerprint density at radius 1 is 1.00 bits per heavy atom. The van der Waals surface area contributed by atoms with E-state index in [0.717, 1.165) is 16.1 Å². The summed E-state index contributed by atoms with van der Waals surface area (Å²) in [5, 5.41) is 2.88. The fourth-order valence-electron chi connectivity index (χ4n) is 3.93. The Kier molecular flexibility index (Phi) is 10.5. The number of carbonyl (C=O) groups excluding carboxylic acids is 2. The third kappa shape index (κ3) is 8.05. The molecule has 0 aliphatic carbocycles. The minimum atomic E-state index is -3.82. The largest absolute Gasteiger partial charge is 0.354 e. The van der Waals surface area contributed by atoms with Gasteiger partial charge >= 0.3 is 0 Å². The van der Waals surface area contributed by atoms with Crippen molar-refractivity contribution in [2.75, 3.05) is 23.7 Å².